The monoisotopic (exact) mass is 279 g/mol. The molecule has 2 rings (SSSR count). The SMILES string of the molecule is CCCOc1ccc(OCCN2CCCC(O)C2)cc1. The molecular weight excluding hydrogens is 254 g/mol. The quantitative estimate of drug-likeness (QED) is 0.831. The van der Waals surface area contributed by atoms with Crippen LogP contribution in [0.3, 0.4) is 0 Å². The van der Waals surface area contributed by atoms with Crippen molar-refractivity contribution in [3.63, 3.8) is 0 Å². The van der Waals surface area contributed by atoms with Crippen molar-refractivity contribution in [1.29, 1.82) is 0 Å². The molecule has 1 heterocycles. The third-order valence-electron chi connectivity index (χ3n) is 3.45. The van der Waals surface area contributed by atoms with Crippen LogP contribution in [0.2, 0.25) is 0 Å². The molecule has 0 aromatic heterocycles. The Morgan fingerprint density at radius 1 is 1.15 bits per heavy atom. The summed E-state index contributed by atoms with van der Waals surface area (Å²) in [4.78, 5) is 2.26. The normalized spacial score (nSPS) is 19.8. The molecule has 0 aliphatic carbocycles. The van der Waals surface area contributed by atoms with E-state index in [0.717, 1.165) is 57.0 Å². The highest BCUT2D eigenvalue weighted by molar-refractivity contribution is 5.31. The standard InChI is InChI=1S/C16H25NO3/c1-2-11-19-15-5-7-16(8-6-15)20-12-10-17-9-3-4-14(18)13-17/h5-8,14,18H,2-4,9-13H2,1H3. The number of nitrogens with zero attached hydrogens (tertiary/aromatic N) is 1. The van der Waals surface area contributed by atoms with Gasteiger partial charge in [0.05, 0.1) is 12.7 Å². The lowest BCUT2D eigenvalue weighted by Gasteiger charge is -2.29. The molecule has 0 saturated carbocycles. The van der Waals surface area contributed by atoms with Gasteiger partial charge in [-0.3, -0.25) is 4.90 Å². The zero-order valence-electron chi connectivity index (χ0n) is 12.3. The van der Waals surface area contributed by atoms with Crippen LogP contribution < -0.4 is 9.47 Å². The van der Waals surface area contributed by atoms with E-state index in [1.807, 2.05) is 24.3 Å². The summed E-state index contributed by atoms with van der Waals surface area (Å²) in [6.07, 6.45) is 2.85. The number of ether oxygens (including phenoxy) is 2. The van der Waals surface area contributed by atoms with Gasteiger partial charge in [-0.25, -0.2) is 0 Å². The molecule has 0 amide bonds. The minimum absolute atomic E-state index is 0.168. The summed E-state index contributed by atoms with van der Waals surface area (Å²) >= 11 is 0. The highest BCUT2D eigenvalue weighted by Crippen LogP contribution is 2.18. The van der Waals surface area contributed by atoms with Crippen LogP contribution in [0.15, 0.2) is 24.3 Å². The van der Waals surface area contributed by atoms with Crippen molar-refractivity contribution in [2.45, 2.75) is 32.3 Å². The Hall–Kier alpha value is -1.26. The first-order valence-corrected chi connectivity index (χ1v) is 7.54. The van der Waals surface area contributed by atoms with E-state index in [-0.39, 0.29) is 6.10 Å². The van der Waals surface area contributed by atoms with Crippen molar-refractivity contribution in [3.05, 3.63) is 24.3 Å². The predicted octanol–water partition coefficient (Wildman–Crippen LogP) is 2.31. The van der Waals surface area contributed by atoms with Crippen molar-refractivity contribution < 1.29 is 14.6 Å². The van der Waals surface area contributed by atoms with Crippen molar-refractivity contribution in [2.75, 3.05) is 32.8 Å². The van der Waals surface area contributed by atoms with Crippen molar-refractivity contribution in [1.82, 2.24) is 4.90 Å². The van der Waals surface area contributed by atoms with Crippen molar-refractivity contribution in [3.8, 4) is 11.5 Å². The summed E-state index contributed by atoms with van der Waals surface area (Å²) in [6, 6.07) is 7.76. The number of β-amino-alcohol motifs (C(OH)–C–C–N with tert-alkyl or cyclic N) is 1. The Morgan fingerprint density at radius 2 is 1.80 bits per heavy atom. The highest BCUT2D eigenvalue weighted by atomic mass is 16.5. The second-order valence-electron chi connectivity index (χ2n) is 5.26. The highest BCUT2D eigenvalue weighted by Gasteiger charge is 2.16. The Balaban J connectivity index is 1.68. The zero-order valence-corrected chi connectivity index (χ0v) is 12.3. The first kappa shape index (κ1) is 15.1. The van der Waals surface area contributed by atoms with Crippen molar-refractivity contribution in [2.24, 2.45) is 0 Å². The third-order valence-corrected chi connectivity index (χ3v) is 3.45. The Labute approximate surface area is 121 Å². The van der Waals surface area contributed by atoms with Gasteiger partial charge in [0.15, 0.2) is 0 Å². The molecule has 1 atom stereocenters. The van der Waals surface area contributed by atoms with E-state index >= 15 is 0 Å². The van der Waals surface area contributed by atoms with Gasteiger partial charge in [-0.1, -0.05) is 6.92 Å². The maximum absolute atomic E-state index is 9.60. The average molecular weight is 279 g/mol. The lowest BCUT2D eigenvalue weighted by Crippen LogP contribution is -2.40. The van der Waals surface area contributed by atoms with E-state index in [1.54, 1.807) is 0 Å². The minimum atomic E-state index is -0.168. The molecule has 0 radical (unpaired) electrons. The summed E-state index contributed by atoms with van der Waals surface area (Å²) < 4.78 is 11.3. The molecule has 112 valence electrons. The van der Waals surface area contributed by atoms with Gasteiger partial charge in [-0.2, -0.15) is 0 Å². The number of rotatable bonds is 7. The van der Waals surface area contributed by atoms with Gasteiger partial charge in [0.1, 0.15) is 18.1 Å². The maximum Gasteiger partial charge on any atom is 0.119 e. The van der Waals surface area contributed by atoms with Gasteiger partial charge in [0, 0.05) is 13.1 Å². The van der Waals surface area contributed by atoms with Crippen LogP contribution in [0.4, 0.5) is 0 Å². The summed E-state index contributed by atoms with van der Waals surface area (Å²) in [5, 5.41) is 9.60. The molecule has 1 saturated heterocycles. The summed E-state index contributed by atoms with van der Waals surface area (Å²) in [6.45, 7) is 6.19. The number of hydrogen-bond donors (Lipinski definition) is 1. The number of benzene rings is 1. The molecule has 1 aromatic carbocycles. The van der Waals surface area contributed by atoms with Crippen LogP contribution in [-0.4, -0.2) is 49.0 Å². The largest absolute Gasteiger partial charge is 0.494 e. The molecular formula is C16H25NO3. The molecule has 0 bridgehead atoms. The Morgan fingerprint density at radius 3 is 2.40 bits per heavy atom. The molecule has 4 heteroatoms. The van der Waals surface area contributed by atoms with E-state index in [0.29, 0.717) is 6.61 Å². The van der Waals surface area contributed by atoms with Gasteiger partial charge < -0.3 is 14.6 Å². The second kappa shape index (κ2) is 8.12. The van der Waals surface area contributed by atoms with Crippen molar-refractivity contribution >= 4 is 0 Å². The molecule has 1 N–H and O–H groups in total. The first-order chi connectivity index (χ1) is 9.78. The van der Waals surface area contributed by atoms with E-state index in [4.69, 9.17) is 9.47 Å². The topological polar surface area (TPSA) is 41.9 Å². The fourth-order valence-corrected chi connectivity index (χ4v) is 2.38. The Kier molecular flexibility index (Phi) is 6.15. The molecule has 4 nitrogen and oxygen atoms in total. The summed E-state index contributed by atoms with van der Waals surface area (Å²) in [5.74, 6) is 1.75. The van der Waals surface area contributed by atoms with Crippen LogP contribution in [0.25, 0.3) is 0 Å². The first-order valence-electron chi connectivity index (χ1n) is 7.54. The predicted molar refractivity (Wildman–Crippen MR) is 79.4 cm³/mol. The Bertz CT molecular complexity index is 380. The molecule has 1 aromatic rings. The van der Waals surface area contributed by atoms with Crippen LogP contribution in [0.5, 0.6) is 11.5 Å². The molecule has 1 aliphatic rings. The van der Waals surface area contributed by atoms with Gasteiger partial charge in [0.2, 0.25) is 0 Å². The number of hydrogen-bond acceptors (Lipinski definition) is 4. The van der Waals surface area contributed by atoms with Gasteiger partial charge in [0.25, 0.3) is 0 Å². The minimum Gasteiger partial charge on any atom is -0.494 e. The van der Waals surface area contributed by atoms with Crippen LogP contribution in [0, 0.1) is 0 Å². The van der Waals surface area contributed by atoms with Crippen LogP contribution >= 0.6 is 0 Å². The summed E-state index contributed by atoms with van der Waals surface area (Å²) in [5.41, 5.74) is 0. The maximum atomic E-state index is 9.60. The van der Waals surface area contributed by atoms with E-state index < -0.39 is 0 Å². The number of aliphatic hydroxyl groups is 1. The van der Waals surface area contributed by atoms with Gasteiger partial charge in [-0.15, -0.1) is 0 Å². The second-order valence-corrected chi connectivity index (χ2v) is 5.26. The third kappa shape index (κ3) is 5.02. The fourth-order valence-electron chi connectivity index (χ4n) is 2.38. The van der Waals surface area contributed by atoms with E-state index in [9.17, 15) is 5.11 Å². The van der Waals surface area contributed by atoms with Gasteiger partial charge in [-0.05, 0) is 50.1 Å². The smallest absolute Gasteiger partial charge is 0.119 e. The zero-order chi connectivity index (χ0) is 14.2. The molecule has 1 unspecified atom stereocenters. The van der Waals surface area contributed by atoms with Crippen LogP contribution in [-0.2, 0) is 0 Å². The molecule has 1 aliphatic heterocycles. The van der Waals surface area contributed by atoms with Gasteiger partial charge >= 0.3 is 0 Å². The lowest BCUT2D eigenvalue weighted by atomic mass is 10.1. The van der Waals surface area contributed by atoms with Crippen LogP contribution in [0.1, 0.15) is 26.2 Å². The fraction of sp³-hybridized carbons (Fsp3) is 0.625. The summed E-state index contributed by atoms with van der Waals surface area (Å²) in [7, 11) is 0. The van der Waals surface area contributed by atoms with E-state index in [1.165, 1.54) is 0 Å². The number of aliphatic hydroxyl groups excluding tert-OH is 1. The average Bonchev–Trinajstić information content (AvgIpc) is 2.46. The lowest BCUT2D eigenvalue weighted by molar-refractivity contribution is 0.0633. The number of piperidine rings is 1. The molecule has 20 heavy (non-hydrogen) atoms. The number of likely N-dealkylation sites (tertiary alicyclic amines) is 1. The molecule has 1 fully saturated rings. The van der Waals surface area contributed by atoms with E-state index in [2.05, 4.69) is 11.8 Å². The molecule has 0 spiro atoms.